The van der Waals surface area contributed by atoms with Gasteiger partial charge in [0, 0.05) is 3.57 Å². The van der Waals surface area contributed by atoms with E-state index < -0.39 is 0 Å². The fraction of sp³-hybridized carbons (Fsp3) is 0.222. The van der Waals surface area contributed by atoms with Gasteiger partial charge in [-0.15, -0.1) is 0 Å². The molecule has 14 heavy (non-hydrogen) atoms. The highest BCUT2D eigenvalue weighted by Crippen LogP contribution is 2.24. The second-order valence-corrected chi connectivity index (χ2v) is 3.84. The molecular formula is C9H8IO3Si. The van der Waals surface area contributed by atoms with Gasteiger partial charge in [0.2, 0.25) is 0 Å². The average molecular weight is 319 g/mol. The number of benzene rings is 1. The third kappa shape index (κ3) is 2.47. The molecule has 0 bridgehead atoms. The van der Waals surface area contributed by atoms with E-state index in [2.05, 4.69) is 32.8 Å². The zero-order valence-electron chi connectivity index (χ0n) is 7.54. The summed E-state index contributed by atoms with van der Waals surface area (Å²) in [6.07, 6.45) is 0.174. The maximum Gasteiger partial charge on any atom is 0.342 e. The molecule has 1 aromatic rings. The third-order valence-corrected chi connectivity index (χ3v) is 2.65. The number of hydrogen-bond donors (Lipinski definition) is 0. The lowest BCUT2D eigenvalue weighted by atomic mass is 10.2. The Morgan fingerprint density at radius 1 is 1.57 bits per heavy atom. The average Bonchev–Trinajstić information content (AvgIpc) is 2.17. The van der Waals surface area contributed by atoms with E-state index in [1.54, 1.807) is 6.07 Å². The Labute approximate surface area is 99.3 Å². The molecule has 0 fully saturated rings. The van der Waals surface area contributed by atoms with E-state index in [-0.39, 0.29) is 12.2 Å². The smallest absolute Gasteiger partial charge is 0.342 e. The van der Waals surface area contributed by atoms with E-state index in [1.165, 1.54) is 7.11 Å². The van der Waals surface area contributed by atoms with Gasteiger partial charge in [0.05, 0.1) is 23.6 Å². The molecule has 0 saturated heterocycles. The molecule has 3 radical (unpaired) electrons. The van der Waals surface area contributed by atoms with Gasteiger partial charge in [-0.3, -0.25) is 0 Å². The van der Waals surface area contributed by atoms with Crippen molar-refractivity contribution in [2.24, 2.45) is 0 Å². The Morgan fingerprint density at radius 2 is 2.29 bits per heavy atom. The molecule has 0 N–H and O–H groups in total. The number of methoxy groups -OCH3 is 1. The van der Waals surface area contributed by atoms with E-state index in [9.17, 15) is 4.79 Å². The molecule has 0 aliphatic carbocycles. The molecule has 0 spiro atoms. The minimum absolute atomic E-state index is 0.174. The van der Waals surface area contributed by atoms with Crippen LogP contribution in [-0.4, -0.2) is 29.6 Å². The Kier molecular flexibility index (Phi) is 4.40. The van der Waals surface area contributed by atoms with Crippen molar-refractivity contribution in [3.05, 3.63) is 27.3 Å². The molecule has 0 aliphatic heterocycles. The summed E-state index contributed by atoms with van der Waals surface area (Å²) < 4.78 is 10.7. The summed E-state index contributed by atoms with van der Waals surface area (Å²) in [5, 5.41) is 0. The number of hydrogen-bond acceptors (Lipinski definition) is 3. The number of halogens is 1. The summed E-state index contributed by atoms with van der Waals surface area (Å²) in [7, 11) is 4.60. The van der Waals surface area contributed by atoms with Gasteiger partial charge in [0.15, 0.2) is 0 Å². The Bertz CT molecular complexity index is 341. The number of carbonyl (C=O) groups is 1. The normalized spacial score (nSPS) is 9.64. The van der Waals surface area contributed by atoms with Crippen LogP contribution < -0.4 is 4.74 Å². The lowest BCUT2D eigenvalue weighted by Gasteiger charge is -2.08. The largest absolute Gasteiger partial charge is 0.496 e. The topological polar surface area (TPSA) is 35.5 Å². The third-order valence-electron chi connectivity index (χ3n) is 1.60. The number of ether oxygens (including phenoxy) is 2. The van der Waals surface area contributed by atoms with Crippen molar-refractivity contribution in [1.29, 1.82) is 0 Å². The lowest BCUT2D eigenvalue weighted by Crippen LogP contribution is -2.09. The van der Waals surface area contributed by atoms with Crippen LogP contribution in [0.3, 0.4) is 0 Å². The molecule has 5 heteroatoms. The molecule has 3 nitrogen and oxygen atoms in total. The second kappa shape index (κ2) is 5.35. The molecule has 1 aromatic carbocycles. The van der Waals surface area contributed by atoms with Crippen LogP contribution in [0.25, 0.3) is 0 Å². The van der Waals surface area contributed by atoms with Crippen molar-refractivity contribution in [2.75, 3.05) is 13.3 Å². The predicted octanol–water partition coefficient (Wildman–Crippen LogP) is 1.58. The summed E-state index contributed by atoms with van der Waals surface area (Å²) >= 11 is 2.07. The van der Waals surface area contributed by atoms with Gasteiger partial charge in [0.25, 0.3) is 0 Å². The van der Waals surface area contributed by atoms with Crippen LogP contribution in [0.5, 0.6) is 5.75 Å². The van der Waals surface area contributed by atoms with Crippen LogP contribution in [-0.2, 0) is 4.74 Å². The molecule has 0 unspecified atom stereocenters. The molecule has 0 aliphatic rings. The number of esters is 1. The van der Waals surface area contributed by atoms with Crippen molar-refractivity contribution >= 4 is 38.8 Å². The minimum atomic E-state index is -0.387. The van der Waals surface area contributed by atoms with Gasteiger partial charge in [0.1, 0.15) is 11.3 Å². The maximum absolute atomic E-state index is 11.5. The van der Waals surface area contributed by atoms with Gasteiger partial charge in [-0.2, -0.15) is 0 Å². The Balaban J connectivity index is 3.10. The predicted molar refractivity (Wildman–Crippen MR) is 61.7 cm³/mol. The fourth-order valence-corrected chi connectivity index (χ4v) is 1.83. The van der Waals surface area contributed by atoms with Crippen LogP contribution >= 0.6 is 22.6 Å². The molecule has 0 saturated carbocycles. The molecule has 0 amide bonds. The highest BCUT2D eigenvalue weighted by molar-refractivity contribution is 14.1. The van der Waals surface area contributed by atoms with Crippen LogP contribution in [0.15, 0.2) is 18.2 Å². The monoisotopic (exact) mass is 319 g/mol. The Morgan fingerprint density at radius 3 is 2.86 bits per heavy atom. The van der Waals surface area contributed by atoms with Gasteiger partial charge >= 0.3 is 5.97 Å². The van der Waals surface area contributed by atoms with Crippen molar-refractivity contribution in [2.45, 2.75) is 0 Å². The van der Waals surface area contributed by atoms with E-state index >= 15 is 0 Å². The van der Waals surface area contributed by atoms with Gasteiger partial charge in [-0.1, -0.05) is 6.07 Å². The van der Waals surface area contributed by atoms with Gasteiger partial charge < -0.3 is 9.47 Å². The first kappa shape index (κ1) is 11.5. The zero-order valence-corrected chi connectivity index (χ0v) is 10.7. The Hall–Kier alpha value is -0.563. The second-order valence-electron chi connectivity index (χ2n) is 2.39. The number of carbonyl (C=O) groups excluding carboxylic acids is 1. The van der Waals surface area contributed by atoms with E-state index in [0.29, 0.717) is 11.3 Å². The van der Waals surface area contributed by atoms with Gasteiger partial charge in [-0.05, 0) is 34.7 Å². The first-order chi connectivity index (χ1) is 6.70. The molecule has 0 atom stereocenters. The molecule has 0 aromatic heterocycles. The van der Waals surface area contributed by atoms with Crippen LogP contribution in [0.4, 0.5) is 0 Å². The number of rotatable bonds is 3. The van der Waals surface area contributed by atoms with Crippen LogP contribution in [0, 0.1) is 3.57 Å². The van der Waals surface area contributed by atoms with Crippen LogP contribution in [0.2, 0.25) is 0 Å². The first-order valence-corrected chi connectivity index (χ1v) is 5.63. The first-order valence-electron chi connectivity index (χ1n) is 3.85. The van der Waals surface area contributed by atoms with Crippen molar-refractivity contribution in [1.82, 2.24) is 0 Å². The van der Waals surface area contributed by atoms with E-state index in [4.69, 9.17) is 9.47 Å². The zero-order chi connectivity index (χ0) is 10.6. The maximum atomic E-state index is 11.5. The summed E-state index contributed by atoms with van der Waals surface area (Å²) in [4.78, 5) is 11.5. The summed E-state index contributed by atoms with van der Waals surface area (Å²) in [5.41, 5.74) is 0.467. The molecular weight excluding hydrogens is 311 g/mol. The SMILES string of the molecule is COc1cccc(I)c1C(=O)OC[Si]. The van der Waals surface area contributed by atoms with Crippen molar-refractivity contribution in [3.63, 3.8) is 0 Å². The van der Waals surface area contributed by atoms with Gasteiger partial charge in [-0.25, -0.2) is 4.79 Å². The van der Waals surface area contributed by atoms with E-state index in [0.717, 1.165) is 3.57 Å². The van der Waals surface area contributed by atoms with Crippen molar-refractivity contribution in [3.8, 4) is 5.75 Å². The summed E-state index contributed by atoms with van der Waals surface area (Å²) in [5.74, 6) is 0.142. The highest BCUT2D eigenvalue weighted by Gasteiger charge is 2.16. The lowest BCUT2D eigenvalue weighted by molar-refractivity contribution is 0.0568. The summed E-state index contributed by atoms with van der Waals surface area (Å²) in [6.45, 7) is 0. The molecule has 0 heterocycles. The minimum Gasteiger partial charge on any atom is -0.496 e. The van der Waals surface area contributed by atoms with Crippen LogP contribution in [0.1, 0.15) is 10.4 Å². The standard InChI is InChI=1S/C9H8IO3Si/c1-12-7-4-2-3-6(10)8(7)9(11)13-5-14/h2-4H,5H2,1H3. The molecule has 1 rings (SSSR count). The quantitative estimate of drug-likeness (QED) is 0.482. The molecule has 73 valence electrons. The fourth-order valence-electron chi connectivity index (χ4n) is 1.01. The summed E-state index contributed by atoms with van der Waals surface area (Å²) in [6, 6.07) is 5.38. The van der Waals surface area contributed by atoms with Crippen molar-refractivity contribution < 1.29 is 14.3 Å². The highest BCUT2D eigenvalue weighted by atomic mass is 127. The van der Waals surface area contributed by atoms with E-state index in [1.807, 2.05) is 12.1 Å².